The second kappa shape index (κ2) is 5.80. The highest BCUT2D eigenvalue weighted by Gasteiger charge is 2.29. The summed E-state index contributed by atoms with van der Waals surface area (Å²) in [5.41, 5.74) is 3.28. The maximum atomic E-state index is 13.5. The summed E-state index contributed by atoms with van der Waals surface area (Å²) < 4.78 is 27.1. The average molecular weight is 286 g/mol. The van der Waals surface area contributed by atoms with E-state index < -0.39 is 5.41 Å². The van der Waals surface area contributed by atoms with Crippen molar-refractivity contribution in [2.24, 2.45) is 0 Å². The molecule has 0 bridgehead atoms. The van der Waals surface area contributed by atoms with E-state index >= 15 is 0 Å². The highest BCUT2D eigenvalue weighted by molar-refractivity contribution is 5.77. The smallest absolute Gasteiger partial charge is 0.123 e. The van der Waals surface area contributed by atoms with Gasteiger partial charge in [-0.05, 0) is 46.5 Å². The second-order valence-corrected chi connectivity index (χ2v) is 5.42. The maximum absolute atomic E-state index is 13.5. The van der Waals surface area contributed by atoms with E-state index in [2.05, 4.69) is 0 Å². The van der Waals surface area contributed by atoms with Crippen LogP contribution in [0, 0.1) is 11.6 Å². The van der Waals surface area contributed by atoms with E-state index in [9.17, 15) is 8.78 Å². The molecule has 2 heteroatoms. The van der Waals surface area contributed by atoms with Gasteiger partial charge in [-0.2, -0.15) is 0 Å². The lowest BCUT2D eigenvalue weighted by Gasteiger charge is -2.28. The van der Waals surface area contributed by atoms with Crippen LogP contribution in [0.3, 0.4) is 0 Å². The van der Waals surface area contributed by atoms with Crippen LogP contribution >= 0.6 is 0 Å². The summed E-state index contributed by atoms with van der Waals surface area (Å²) in [7, 11) is 0. The molecule has 0 amide bonds. The molecule has 1 aliphatic carbocycles. The van der Waals surface area contributed by atoms with Gasteiger partial charge in [-0.15, -0.1) is 0 Å². The van der Waals surface area contributed by atoms with E-state index in [1.165, 1.54) is 12.1 Å². The molecule has 3 rings (SSSR count). The molecule has 21 heavy (non-hydrogen) atoms. The molecular weight excluding hydrogens is 266 g/mol. The molecule has 0 saturated heterocycles. The maximum Gasteiger partial charge on any atom is 0.123 e. The van der Waals surface area contributed by atoms with Gasteiger partial charge in [-0.3, -0.25) is 0 Å². The van der Waals surface area contributed by atoms with Crippen LogP contribution in [-0.2, 0) is 5.41 Å². The lowest BCUT2D eigenvalue weighted by molar-refractivity contribution is 0.587. The summed E-state index contributed by atoms with van der Waals surface area (Å²) in [6.45, 7) is 7.99. The van der Waals surface area contributed by atoms with Crippen molar-refractivity contribution in [3.63, 3.8) is 0 Å². The molecule has 0 aromatic heterocycles. The van der Waals surface area contributed by atoms with E-state index in [1.807, 2.05) is 39.8 Å². The van der Waals surface area contributed by atoms with Crippen LogP contribution < -0.4 is 0 Å². The Bertz CT molecular complexity index is 624. The minimum atomic E-state index is -0.432. The van der Waals surface area contributed by atoms with E-state index in [0.717, 1.165) is 22.3 Å². The molecule has 0 heterocycles. The normalized spacial score (nSPS) is 14.4. The van der Waals surface area contributed by atoms with E-state index in [-0.39, 0.29) is 11.6 Å². The van der Waals surface area contributed by atoms with Gasteiger partial charge in [0.2, 0.25) is 0 Å². The number of hydrogen-bond donors (Lipinski definition) is 0. The first-order valence-corrected chi connectivity index (χ1v) is 7.26. The monoisotopic (exact) mass is 286 g/mol. The number of fused-ring (bicyclic) bond motifs is 2. The van der Waals surface area contributed by atoms with Crippen LogP contribution in [0.15, 0.2) is 36.4 Å². The minimum absolute atomic E-state index is 0.264. The number of hydrogen-bond acceptors (Lipinski definition) is 0. The lowest BCUT2D eigenvalue weighted by Crippen LogP contribution is -2.21. The van der Waals surface area contributed by atoms with Gasteiger partial charge in [0, 0.05) is 5.41 Å². The third-order valence-electron chi connectivity index (χ3n) is 3.82. The summed E-state index contributed by atoms with van der Waals surface area (Å²) in [5.74, 6) is -0.528. The van der Waals surface area contributed by atoms with Crippen molar-refractivity contribution in [1.82, 2.24) is 0 Å². The summed E-state index contributed by atoms with van der Waals surface area (Å²) in [5, 5.41) is 0. The summed E-state index contributed by atoms with van der Waals surface area (Å²) in [4.78, 5) is 0. The molecule has 0 atom stereocenters. The zero-order chi connectivity index (χ0) is 15.6. The first kappa shape index (κ1) is 15.4. The van der Waals surface area contributed by atoms with Crippen molar-refractivity contribution in [3.8, 4) is 0 Å². The highest BCUT2D eigenvalue weighted by atomic mass is 19.1. The number of benzene rings is 2. The van der Waals surface area contributed by atoms with Gasteiger partial charge >= 0.3 is 0 Å². The molecule has 110 valence electrons. The third kappa shape index (κ3) is 2.76. The van der Waals surface area contributed by atoms with E-state index in [4.69, 9.17) is 0 Å². The summed E-state index contributed by atoms with van der Waals surface area (Å²) >= 11 is 0. The Labute approximate surface area is 125 Å². The van der Waals surface area contributed by atoms with Gasteiger partial charge in [-0.25, -0.2) is 8.78 Å². The van der Waals surface area contributed by atoms with Crippen LogP contribution in [0.4, 0.5) is 8.78 Å². The largest absolute Gasteiger partial charge is 0.207 e. The fourth-order valence-corrected chi connectivity index (χ4v) is 2.75. The summed E-state index contributed by atoms with van der Waals surface area (Å²) in [6, 6.07) is 9.53. The average Bonchev–Trinajstić information content (AvgIpc) is 2.58. The Kier molecular flexibility index (Phi) is 4.26. The van der Waals surface area contributed by atoms with Crippen LogP contribution in [-0.4, -0.2) is 0 Å². The van der Waals surface area contributed by atoms with Crippen LogP contribution in [0.5, 0.6) is 0 Å². The SMILES string of the molecule is CC.CC1(C)c2cc(F)ccc2C=Cc2ccc(F)cc21. The Morgan fingerprint density at radius 3 is 1.48 bits per heavy atom. The zero-order valence-corrected chi connectivity index (χ0v) is 12.9. The Morgan fingerprint density at radius 1 is 0.714 bits per heavy atom. The fraction of sp³-hybridized carbons (Fsp3) is 0.263. The molecule has 0 aliphatic heterocycles. The van der Waals surface area contributed by atoms with Crippen LogP contribution in [0.1, 0.15) is 49.9 Å². The van der Waals surface area contributed by atoms with Gasteiger partial charge < -0.3 is 0 Å². The third-order valence-corrected chi connectivity index (χ3v) is 3.82. The Hall–Kier alpha value is -1.96. The van der Waals surface area contributed by atoms with Crippen molar-refractivity contribution >= 4 is 12.2 Å². The lowest BCUT2D eigenvalue weighted by atomic mass is 9.75. The van der Waals surface area contributed by atoms with Gasteiger partial charge in [-0.1, -0.05) is 52.0 Å². The molecule has 0 N–H and O–H groups in total. The number of rotatable bonds is 0. The molecular formula is C19H20F2. The number of halogens is 2. The molecule has 0 radical (unpaired) electrons. The van der Waals surface area contributed by atoms with Crippen molar-refractivity contribution in [1.29, 1.82) is 0 Å². The minimum Gasteiger partial charge on any atom is -0.207 e. The van der Waals surface area contributed by atoms with Crippen molar-refractivity contribution in [3.05, 3.63) is 70.3 Å². The first-order chi connectivity index (χ1) is 9.98. The zero-order valence-electron chi connectivity index (χ0n) is 12.9. The van der Waals surface area contributed by atoms with Crippen molar-refractivity contribution in [2.45, 2.75) is 33.1 Å². The molecule has 0 spiro atoms. The first-order valence-electron chi connectivity index (χ1n) is 7.26. The fourth-order valence-electron chi connectivity index (χ4n) is 2.75. The molecule has 0 fully saturated rings. The molecule has 0 unspecified atom stereocenters. The highest BCUT2D eigenvalue weighted by Crippen LogP contribution is 2.39. The quantitative estimate of drug-likeness (QED) is 0.574. The second-order valence-electron chi connectivity index (χ2n) is 5.42. The molecule has 1 aliphatic rings. The van der Waals surface area contributed by atoms with E-state index in [1.54, 1.807) is 24.3 Å². The molecule has 0 nitrogen and oxygen atoms in total. The predicted octanol–water partition coefficient (Wildman–Crippen LogP) is 5.80. The van der Waals surface area contributed by atoms with Gasteiger partial charge in [0.05, 0.1) is 0 Å². The Morgan fingerprint density at radius 2 is 1.10 bits per heavy atom. The van der Waals surface area contributed by atoms with Gasteiger partial charge in [0.15, 0.2) is 0 Å². The van der Waals surface area contributed by atoms with Crippen molar-refractivity contribution in [2.75, 3.05) is 0 Å². The predicted molar refractivity (Wildman–Crippen MR) is 85.2 cm³/mol. The molecule has 0 saturated carbocycles. The van der Waals surface area contributed by atoms with Crippen LogP contribution in [0.25, 0.3) is 12.2 Å². The van der Waals surface area contributed by atoms with Crippen LogP contribution in [0.2, 0.25) is 0 Å². The van der Waals surface area contributed by atoms with Gasteiger partial charge in [0.1, 0.15) is 11.6 Å². The molecule has 2 aromatic rings. The van der Waals surface area contributed by atoms with Gasteiger partial charge in [0.25, 0.3) is 0 Å². The van der Waals surface area contributed by atoms with Crippen molar-refractivity contribution < 1.29 is 8.78 Å². The summed E-state index contributed by atoms with van der Waals surface area (Å²) in [6.07, 6.45) is 3.92. The standard InChI is InChI=1S/C17H14F2.C2H6/c1-17(2)15-9-13(18)7-5-11(15)3-4-12-6-8-14(19)10-16(12)17;1-2/h3-10H,1-2H3;1-2H3. The topological polar surface area (TPSA) is 0 Å². The van der Waals surface area contributed by atoms with E-state index in [0.29, 0.717) is 0 Å². The molecule has 2 aromatic carbocycles. The Balaban J connectivity index is 0.000000774.